The second kappa shape index (κ2) is 8.00. The molecule has 0 atom stereocenters. The van der Waals surface area contributed by atoms with Crippen LogP contribution in [-0.4, -0.2) is 0 Å². The molecule has 0 aromatic heterocycles. The van der Waals surface area contributed by atoms with E-state index in [1.54, 1.807) is 0 Å². The lowest BCUT2D eigenvalue weighted by atomic mass is 9.77. The molecule has 1 aliphatic carbocycles. The summed E-state index contributed by atoms with van der Waals surface area (Å²) in [5.41, 5.74) is 8.14. The molecular weight excluding hydrogens is 516 g/mol. The Morgan fingerprint density at radius 3 is 1.74 bits per heavy atom. The van der Waals surface area contributed by atoms with Crippen LogP contribution in [0.15, 0.2) is 133 Å². The van der Waals surface area contributed by atoms with Crippen molar-refractivity contribution in [1.82, 2.24) is 0 Å². The molecule has 1 aliphatic rings. The Morgan fingerprint density at radius 1 is 0.372 bits per heavy atom. The van der Waals surface area contributed by atoms with E-state index in [1.807, 2.05) is 0 Å². The van der Waals surface area contributed by atoms with Gasteiger partial charge in [-0.25, -0.2) is 0 Å². The van der Waals surface area contributed by atoms with Gasteiger partial charge in [-0.05, 0) is 104 Å². The molecule has 0 aliphatic heterocycles. The minimum absolute atomic E-state index is 0.123. The van der Waals surface area contributed by atoms with Gasteiger partial charge in [-0.1, -0.05) is 141 Å². The van der Waals surface area contributed by atoms with Crippen LogP contribution in [0.25, 0.3) is 86.9 Å². The largest absolute Gasteiger partial charge is 0.0616 e. The summed E-state index contributed by atoms with van der Waals surface area (Å²) >= 11 is 0. The fourth-order valence-corrected chi connectivity index (χ4v) is 8.56. The predicted molar refractivity (Wildman–Crippen MR) is 186 cm³/mol. The zero-order valence-electron chi connectivity index (χ0n) is 24.2. The van der Waals surface area contributed by atoms with Gasteiger partial charge < -0.3 is 0 Å². The molecule has 0 nitrogen and oxygen atoms in total. The van der Waals surface area contributed by atoms with Crippen molar-refractivity contribution in [1.29, 1.82) is 0 Å². The summed E-state index contributed by atoms with van der Waals surface area (Å²) in [5.74, 6) is 0. The van der Waals surface area contributed by atoms with E-state index >= 15 is 0 Å². The quantitative estimate of drug-likeness (QED) is 0.180. The third kappa shape index (κ3) is 2.91. The first-order chi connectivity index (χ1) is 21.1. The van der Waals surface area contributed by atoms with Gasteiger partial charge in [-0.15, -0.1) is 0 Å². The van der Waals surface area contributed by atoms with E-state index in [9.17, 15) is 0 Å². The summed E-state index contributed by atoms with van der Waals surface area (Å²) < 4.78 is 0. The highest BCUT2D eigenvalue weighted by Crippen LogP contribution is 2.56. The molecule has 0 heteroatoms. The van der Waals surface area contributed by atoms with Gasteiger partial charge in [0.15, 0.2) is 0 Å². The number of hydrogen-bond donors (Lipinski definition) is 0. The van der Waals surface area contributed by atoms with Gasteiger partial charge in [-0.2, -0.15) is 0 Å². The van der Waals surface area contributed by atoms with Crippen molar-refractivity contribution in [2.45, 2.75) is 19.3 Å². The molecule has 9 aromatic carbocycles. The molecule has 0 radical (unpaired) electrons. The lowest BCUT2D eigenvalue weighted by Crippen LogP contribution is -2.16. The van der Waals surface area contributed by atoms with Gasteiger partial charge in [-0.3, -0.25) is 0 Å². The fraction of sp³-hybridized carbons (Fsp3) is 0.0698. The highest BCUT2D eigenvalue weighted by molar-refractivity contribution is 6.26. The average Bonchev–Trinajstić information content (AvgIpc) is 3.30. The summed E-state index contributed by atoms with van der Waals surface area (Å²) in [5, 5.41) is 16.1. The molecule has 0 fully saturated rings. The van der Waals surface area contributed by atoms with Crippen molar-refractivity contribution >= 4 is 64.6 Å². The minimum Gasteiger partial charge on any atom is -0.0616 e. The Morgan fingerprint density at radius 2 is 0.953 bits per heavy atom. The smallest absolute Gasteiger partial charge is 0.0171 e. The Labute approximate surface area is 250 Å². The molecule has 43 heavy (non-hydrogen) atoms. The Bertz CT molecular complexity index is 2620. The monoisotopic (exact) mass is 544 g/mol. The van der Waals surface area contributed by atoms with E-state index in [0.29, 0.717) is 0 Å². The van der Waals surface area contributed by atoms with E-state index in [0.717, 1.165) is 0 Å². The first-order valence-electron chi connectivity index (χ1n) is 15.3. The first kappa shape index (κ1) is 23.4. The SMILES string of the molecule is CC1(C)c2c(ccc3cc(-c4ccc5ccc6cccc7ccc4c5c67)ccc23)-c2c1c1ccccc1c1ccccc21. The molecule has 0 heterocycles. The molecule has 10 rings (SSSR count). The highest BCUT2D eigenvalue weighted by atomic mass is 14.4. The molecule has 0 amide bonds. The molecular formula is C43H28. The molecule has 0 saturated heterocycles. The van der Waals surface area contributed by atoms with Crippen molar-refractivity contribution in [3.63, 3.8) is 0 Å². The van der Waals surface area contributed by atoms with E-state index in [1.165, 1.54) is 98.0 Å². The van der Waals surface area contributed by atoms with E-state index in [4.69, 9.17) is 0 Å². The minimum atomic E-state index is -0.123. The molecule has 0 N–H and O–H groups in total. The standard InChI is InChI=1S/C43H28/c1-43(2)41-31-21-18-28(30-20-16-27-15-14-25-8-7-9-26-17-22-35(30)39(27)38(25)26)24-29(31)19-23-37(41)40-34-12-5-3-10-32(34)33-11-4-6-13-36(33)42(40)43/h3-24H,1-2H3. The lowest BCUT2D eigenvalue weighted by Gasteiger charge is -2.25. The average molecular weight is 545 g/mol. The van der Waals surface area contributed by atoms with E-state index in [-0.39, 0.29) is 5.41 Å². The summed E-state index contributed by atoms with van der Waals surface area (Å²) in [6.45, 7) is 4.85. The van der Waals surface area contributed by atoms with Crippen LogP contribution in [0.2, 0.25) is 0 Å². The topological polar surface area (TPSA) is 0 Å². The van der Waals surface area contributed by atoms with Crippen molar-refractivity contribution in [3.8, 4) is 22.3 Å². The van der Waals surface area contributed by atoms with Gasteiger partial charge in [0.2, 0.25) is 0 Å². The molecule has 9 aromatic rings. The van der Waals surface area contributed by atoms with Crippen LogP contribution in [0.3, 0.4) is 0 Å². The lowest BCUT2D eigenvalue weighted by molar-refractivity contribution is 0.672. The van der Waals surface area contributed by atoms with Gasteiger partial charge in [0.25, 0.3) is 0 Å². The maximum absolute atomic E-state index is 2.42. The third-order valence-electron chi connectivity index (χ3n) is 10.3. The zero-order chi connectivity index (χ0) is 28.4. The summed E-state index contributed by atoms with van der Waals surface area (Å²) in [4.78, 5) is 0. The van der Waals surface area contributed by atoms with Gasteiger partial charge >= 0.3 is 0 Å². The summed E-state index contributed by atoms with van der Waals surface area (Å²) in [6, 6.07) is 50.2. The maximum atomic E-state index is 2.42. The Balaban J connectivity index is 1.24. The second-order valence-corrected chi connectivity index (χ2v) is 12.9. The van der Waals surface area contributed by atoms with Crippen molar-refractivity contribution in [2.75, 3.05) is 0 Å². The fourth-order valence-electron chi connectivity index (χ4n) is 8.56. The predicted octanol–water partition coefficient (Wildman–Crippen LogP) is 12.0. The van der Waals surface area contributed by atoms with Crippen molar-refractivity contribution in [3.05, 3.63) is 145 Å². The molecule has 200 valence electrons. The second-order valence-electron chi connectivity index (χ2n) is 12.9. The maximum Gasteiger partial charge on any atom is 0.0171 e. The van der Waals surface area contributed by atoms with Crippen LogP contribution in [-0.2, 0) is 5.41 Å². The summed E-state index contributed by atoms with van der Waals surface area (Å²) in [7, 11) is 0. The number of fused-ring (bicyclic) bond motifs is 10. The van der Waals surface area contributed by atoms with Gasteiger partial charge in [0.05, 0.1) is 0 Å². The van der Waals surface area contributed by atoms with E-state index in [2.05, 4.69) is 147 Å². The third-order valence-corrected chi connectivity index (χ3v) is 10.3. The van der Waals surface area contributed by atoms with Crippen molar-refractivity contribution in [2.24, 2.45) is 0 Å². The number of hydrogen-bond acceptors (Lipinski definition) is 0. The molecule has 0 saturated carbocycles. The Hall–Kier alpha value is -5.20. The van der Waals surface area contributed by atoms with Gasteiger partial charge in [0, 0.05) is 5.41 Å². The van der Waals surface area contributed by atoms with Crippen LogP contribution in [0.5, 0.6) is 0 Å². The molecule has 0 spiro atoms. The van der Waals surface area contributed by atoms with Crippen molar-refractivity contribution < 1.29 is 0 Å². The number of rotatable bonds is 1. The number of benzene rings is 9. The van der Waals surface area contributed by atoms with Crippen LogP contribution >= 0.6 is 0 Å². The van der Waals surface area contributed by atoms with Crippen LogP contribution in [0.4, 0.5) is 0 Å². The zero-order valence-corrected chi connectivity index (χ0v) is 24.2. The highest BCUT2D eigenvalue weighted by Gasteiger charge is 2.39. The van der Waals surface area contributed by atoms with Crippen LogP contribution < -0.4 is 0 Å². The van der Waals surface area contributed by atoms with Crippen LogP contribution in [0.1, 0.15) is 25.0 Å². The van der Waals surface area contributed by atoms with Gasteiger partial charge in [0.1, 0.15) is 0 Å². The molecule has 0 unspecified atom stereocenters. The summed E-state index contributed by atoms with van der Waals surface area (Å²) in [6.07, 6.45) is 0. The Kier molecular flexibility index (Phi) is 4.35. The first-order valence-corrected chi connectivity index (χ1v) is 15.3. The normalized spacial score (nSPS) is 14.0. The van der Waals surface area contributed by atoms with E-state index < -0.39 is 0 Å². The van der Waals surface area contributed by atoms with Crippen LogP contribution in [0, 0.1) is 0 Å². The molecule has 0 bridgehead atoms.